The van der Waals surface area contributed by atoms with Gasteiger partial charge in [-0.15, -0.1) is 0 Å². The summed E-state index contributed by atoms with van der Waals surface area (Å²) >= 11 is 0. The zero-order valence-corrected chi connectivity index (χ0v) is 16.8. The van der Waals surface area contributed by atoms with Gasteiger partial charge in [0.1, 0.15) is 30.8 Å². The summed E-state index contributed by atoms with van der Waals surface area (Å²) in [4.78, 5) is 12.7. The number of halogens is 1. The number of nitrogens with one attached hydrogen (secondary N) is 1. The molecule has 0 radical (unpaired) electrons. The first kappa shape index (κ1) is 20.3. The van der Waals surface area contributed by atoms with Crippen LogP contribution >= 0.6 is 0 Å². The fourth-order valence-electron chi connectivity index (χ4n) is 3.32. The van der Waals surface area contributed by atoms with Gasteiger partial charge in [0.2, 0.25) is 5.95 Å². The van der Waals surface area contributed by atoms with E-state index < -0.39 is 12.0 Å². The second-order valence-electron chi connectivity index (χ2n) is 6.85. The molecule has 2 aromatic carbocycles. The van der Waals surface area contributed by atoms with E-state index in [0.717, 1.165) is 5.56 Å². The van der Waals surface area contributed by atoms with Crippen molar-refractivity contribution in [2.75, 3.05) is 11.9 Å². The molecule has 158 valence electrons. The Bertz CT molecular complexity index is 1140. The molecule has 0 fully saturated rings. The third-order valence-corrected chi connectivity index (χ3v) is 4.81. The van der Waals surface area contributed by atoms with Crippen LogP contribution < -0.4 is 10.1 Å². The molecule has 0 saturated heterocycles. The van der Waals surface area contributed by atoms with Gasteiger partial charge in [0.25, 0.3) is 0 Å². The van der Waals surface area contributed by atoms with E-state index in [2.05, 4.69) is 27.4 Å². The maximum absolute atomic E-state index is 13.8. The van der Waals surface area contributed by atoms with E-state index in [-0.39, 0.29) is 19.0 Å². The second kappa shape index (κ2) is 8.78. The van der Waals surface area contributed by atoms with Crippen molar-refractivity contribution >= 4 is 11.9 Å². The smallest absolute Gasteiger partial charge is 0.338 e. The Kier molecular flexibility index (Phi) is 5.74. The molecule has 0 saturated carbocycles. The van der Waals surface area contributed by atoms with Gasteiger partial charge < -0.3 is 14.8 Å². The maximum Gasteiger partial charge on any atom is 0.338 e. The third-order valence-electron chi connectivity index (χ3n) is 4.81. The highest BCUT2D eigenvalue weighted by molar-refractivity contribution is 5.92. The Morgan fingerprint density at radius 3 is 2.77 bits per heavy atom. The van der Waals surface area contributed by atoms with Gasteiger partial charge in [-0.3, -0.25) is 0 Å². The molecule has 0 aliphatic carbocycles. The fourth-order valence-corrected chi connectivity index (χ4v) is 3.32. The first-order chi connectivity index (χ1) is 15.1. The summed E-state index contributed by atoms with van der Waals surface area (Å²) in [7, 11) is 0. The first-order valence-electron chi connectivity index (χ1n) is 9.58. The minimum Gasteiger partial charge on any atom is -0.489 e. The van der Waals surface area contributed by atoms with Crippen LogP contribution in [0.15, 0.2) is 72.5 Å². The normalized spacial score (nSPS) is 15.1. The average molecular weight is 421 g/mol. The molecule has 1 N–H and O–H groups in total. The summed E-state index contributed by atoms with van der Waals surface area (Å²) in [6.45, 7) is 5.53. The molecule has 1 aromatic heterocycles. The average Bonchev–Trinajstić information content (AvgIpc) is 3.24. The van der Waals surface area contributed by atoms with Gasteiger partial charge >= 0.3 is 5.97 Å². The van der Waals surface area contributed by atoms with Crippen LogP contribution in [0.1, 0.15) is 24.1 Å². The van der Waals surface area contributed by atoms with Crippen LogP contribution in [0.25, 0.3) is 0 Å². The number of carbonyl (C=O) groups excluding carboxylic acids is 1. The van der Waals surface area contributed by atoms with Crippen LogP contribution in [0, 0.1) is 5.82 Å². The van der Waals surface area contributed by atoms with Crippen LogP contribution in [0.3, 0.4) is 0 Å². The number of hydrogen-bond donors (Lipinski definition) is 1. The molecule has 31 heavy (non-hydrogen) atoms. The van der Waals surface area contributed by atoms with E-state index in [1.807, 2.05) is 12.1 Å². The molecular formula is C22H20FN5O3. The molecule has 1 aliphatic rings. The zero-order chi connectivity index (χ0) is 21.8. The van der Waals surface area contributed by atoms with Crippen molar-refractivity contribution in [3.8, 4) is 5.75 Å². The number of esters is 1. The van der Waals surface area contributed by atoms with Gasteiger partial charge in [-0.05, 0) is 41.1 Å². The van der Waals surface area contributed by atoms with Gasteiger partial charge in [0.05, 0.1) is 5.57 Å². The van der Waals surface area contributed by atoms with Gasteiger partial charge in [0, 0.05) is 11.3 Å². The number of aromatic nitrogens is 4. The van der Waals surface area contributed by atoms with Crippen LogP contribution in [-0.2, 0) is 16.1 Å². The van der Waals surface area contributed by atoms with Crippen molar-refractivity contribution in [1.82, 2.24) is 20.2 Å². The summed E-state index contributed by atoms with van der Waals surface area (Å²) in [6, 6.07) is 13.0. The summed E-state index contributed by atoms with van der Waals surface area (Å²) in [5.41, 5.74) is 2.22. The molecule has 4 rings (SSSR count). The third kappa shape index (κ3) is 4.16. The van der Waals surface area contributed by atoms with Crippen molar-refractivity contribution in [3.63, 3.8) is 0 Å². The highest BCUT2D eigenvalue weighted by Gasteiger charge is 2.34. The molecule has 0 bridgehead atoms. The largest absolute Gasteiger partial charge is 0.489 e. The van der Waals surface area contributed by atoms with Gasteiger partial charge in [0.15, 0.2) is 0 Å². The minimum atomic E-state index is -0.579. The Balaban J connectivity index is 1.59. The number of tetrazole rings is 1. The summed E-state index contributed by atoms with van der Waals surface area (Å²) in [6.07, 6.45) is 1.50. The molecule has 1 unspecified atom stereocenters. The molecule has 1 aliphatic heterocycles. The second-order valence-corrected chi connectivity index (χ2v) is 6.85. The van der Waals surface area contributed by atoms with Gasteiger partial charge in [-0.1, -0.05) is 48.1 Å². The number of rotatable bonds is 7. The lowest BCUT2D eigenvalue weighted by Crippen LogP contribution is -2.29. The summed E-state index contributed by atoms with van der Waals surface area (Å²) < 4.78 is 26.3. The molecule has 9 heteroatoms. The van der Waals surface area contributed by atoms with Crippen molar-refractivity contribution in [1.29, 1.82) is 0 Å². The molecule has 0 amide bonds. The minimum absolute atomic E-state index is 0.0909. The van der Waals surface area contributed by atoms with E-state index in [1.54, 1.807) is 37.3 Å². The van der Waals surface area contributed by atoms with Crippen molar-refractivity contribution < 1.29 is 18.7 Å². The van der Waals surface area contributed by atoms with Crippen molar-refractivity contribution in [3.05, 3.63) is 89.4 Å². The zero-order valence-electron chi connectivity index (χ0n) is 16.8. The van der Waals surface area contributed by atoms with Crippen molar-refractivity contribution in [2.45, 2.75) is 19.6 Å². The van der Waals surface area contributed by atoms with E-state index in [9.17, 15) is 9.18 Å². The number of carbonyl (C=O) groups is 1. The lowest BCUT2D eigenvalue weighted by atomic mass is 9.96. The van der Waals surface area contributed by atoms with E-state index in [1.165, 1.54) is 16.8 Å². The number of nitrogens with zero attached hydrogens (tertiary/aromatic N) is 4. The Labute approximate surface area is 178 Å². The Hall–Kier alpha value is -4.01. The highest BCUT2D eigenvalue weighted by Crippen LogP contribution is 2.35. The fraction of sp³-hybridized carbons (Fsp3) is 0.182. The lowest BCUT2D eigenvalue weighted by Gasteiger charge is -2.27. The Morgan fingerprint density at radius 1 is 1.26 bits per heavy atom. The van der Waals surface area contributed by atoms with Crippen LogP contribution in [-0.4, -0.2) is 32.8 Å². The molecule has 8 nitrogen and oxygen atoms in total. The SMILES string of the molecule is C=CCOC(=O)C1=C(C)Nc2nnnn2C1c1ccc(OCc2ccccc2F)cc1. The first-order valence-corrected chi connectivity index (χ1v) is 9.58. The van der Waals surface area contributed by atoms with E-state index >= 15 is 0 Å². The number of fused-ring (bicyclic) bond motifs is 1. The topological polar surface area (TPSA) is 91.2 Å². The summed E-state index contributed by atoms with van der Waals surface area (Å²) in [5, 5.41) is 14.7. The number of ether oxygens (including phenoxy) is 2. The van der Waals surface area contributed by atoms with Crippen molar-refractivity contribution in [2.24, 2.45) is 0 Å². The van der Waals surface area contributed by atoms with Crippen LogP contribution in [0.4, 0.5) is 10.3 Å². The van der Waals surface area contributed by atoms with E-state index in [4.69, 9.17) is 9.47 Å². The number of benzene rings is 2. The monoisotopic (exact) mass is 421 g/mol. The number of anilines is 1. The van der Waals surface area contributed by atoms with Gasteiger partial charge in [-0.25, -0.2) is 9.18 Å². The van der Waals surface area contributed by atoms with Crippen LogP contribution in [0.2, 0.25) is 0 Å². The standard InChI is InChI=1S/C22H20FN5O3/c1-3-12-30-21(29)19-14(2)24-22-25-26-27-28(22)20(19)15-8-10-17(11-9-15)31-13-16-6-4-5-7-18(16)23/h3-11,20H,1,12-13H2,2H3,(H,24,25,27). The molecule has 1 atom stereocenters. The van der Waals surface area contributed by atoms with E-state index in [0.29, 0.717) is 28.5 Å². The number of hydrogen-bond acceptors (Lipinski definition) is 7. The molecular weight excluding hydrogens is 401 g/mol. The number of allylic oxidation sites excluding steroid dienone is 1. The molecule has 3 aromatic rings. The predicted octanol–water partition coefficient (Wildman–Crippen LogP) is 3.41. The Morgan fingerprint density at radius 2 is 2.03 bits per heavy atom. The lowest BCUT2D eigenvalue weighted by molar-refractivity contribution is -0.138. The highest BCUT2D eigenvalue weighted by atomic mass is 19.1. The predicted molar refractivity (Wildman–Crippen MR) is 111 cm³/mol. The van der Waals surface area contributed by atoms with Crippen LogP contribution in [0.5, 0.6) is 5.75 Å². The molecule has 0 spiro atoms. The quantitative estimate of drug-likeness (QED) is 0.462. The van der Waals surface area contributed by atoms with Gasteiger partial charge in [-0.2, -0.15) is 4.68 Å². The maximum atomic E-state index is 13.8. The molecule has 2 heterocycles. The summed E-state index contributed by atoms with van der Waals surface area (Å²) in [5.74, 6) is 0.177.